The van der Waals surface area contributed by atoms with Gasteiger partial charge in [-0.1, -0.05) is 36.4 Å². The number of Topliss-reactive ketones (excluding diaryl/α,β-unsaturated/α-hetero) is 1. The molecule has 1 aliphatic heterocycles. The smallest absolute Gasteiger partial charge is 0.295 e. The van der Waals surface area contributed by atoms with Gasteiger partial charge in [-0.05, 0) is 60.4 Å². The van der Waals surface area contributed by atoms with Gasteiger partial charge in [-0.3, -0.25) is 9.59 Å². The van der Waals surface area contributed by atoms with Crippen LogP contribution >= 0.6 is 0 Å². The van der Waals surface area contributed by atoms with Gasteiger partial charge in [-0.2, -0.15) is 0 Å². The molecule has 36 heavy (non-hydrogen) atoms. The summed E-state index contributed by atoms with van der Waals surface area (Å²) >= 11 is 0. The average Bonchev–Trinajstić information content (AvgIpc) is 3.16. The van der Waals surface area contributed by atoms with Gasteiger partial charge in [0, 0.05) is 12.1 Å². The van der Waals surface area contributed by atoms with E-state index in [1.165, 1.54) is 4.90 Å². The molecule has 0 bridgehead atoms. The van der Waals surface area contributed by atoms with Crippen molar-refractivity contribution in [1.29, 1.82) is 0 Å². The molecule has 0 aliphatic carbocycles. The molecule has 4 rings (SSSR count). The van der Waals surface area contributed by atoms with Gasteiger partial charge < -0.3 is 24.2 Å². The lowest BCUT2D eigenvalue weighted by atomic mass is 9.94. The molecule has 1 aliphatic rings. The van der Waals surface area contributed by atoms with Crippen molar-refractivity contribution in [1.82, 2.24) is 4.90 Å². The Kier molecular flexibility index (Phi) is 7.29. The number of hydrogen-bond donors (Lipinski definition) is 1. The number of aliphatic hydroxyl groups excluding tert-OH is 1. The molecule has 7 nitrogen and oxygen atoms in total. The van der Waals surface area contributed by atoms with Gasteiger partial charge in [0.25, 0.3) is 11.7 Å². The number of carbonyl (C=O) groups is 2. The van der Waals surface area contributed by atoms with Gasteiger partial charge in [0.1, 0.15) is 11.5 Å². The molecule has 0 radical (unpaired) electrons. The van der Waals surface area contributed by atoms with Crippen molar-refractivity contribution in [2.45, 2.75) is 19.4 Å². The molecule has 7 heteroatoms. The number of methoxy groups -OCH3 is 3. The first-order valence-electron chi connectivity index (χ1n) is 11.6. The molecule has 1 unspecified atom stereocenters. The van der Waals surface area contributed by atoms with Gasteiger partial charge in [-0.25, -0.2) is 0 Å². The van der Waals surface area contributed by atoms with E-state index in [0.717, 1.165) is 16.7 Å². The van der Waals surface area contributed by atoms with Crippen LogP contribution in [0.4, 0.5) is 0 Å². The highest BCUT2D eigenvalue weighted by Gasteiger charge is 2.45. The average molecular weight is 488 g/mol. The molecule has 0 aromatic heterocycles. The van der Waals surface area contributed by atoms with Crippen molar-refractivity contribution in [2.75, 3.05) is 27.9 Å². The number of nitrogens with zero attached hydrogens (tertiary/aromatic N) is 1. The highest BCUT2D eigenvalue weighted by atomic mass is 16.5. The van der Waals surface area contributed by atoms with Crippen LogP contribution in [-0.4, -0.2) is 49.6 Å². The van der Waals surface area contributed by atoms with Crippen LogP contribution < -0.4 is 14.2 Å². The maximum absolute atomic E-state index is 13.2. The summed E-state index contributed by atoms with van der Waals surface area (Å²) < 4.78 is 16.0. The van der Waals surface area contributed by atoms with E-state index in [2.05, 4.69) is 0 Å². The van der Waals surface area contributed by atoms with Crippen molar-refractivity contribution >= 4 is 17.4 Å². The Balaban J connectivity index is 1.73. The Bertz CT molecular complexity index is 1310. The Hall–Kier alpha value is -4.26. The minimum atomic E-state index is -0.714. The standard InChI is InChI=1S/C29H29NO6/c1-18-16-21(11-13-22(18)34-2)27(31)25-26(20-8-6-5-7-9-20)30(29(33)28(25)32)15-14-19-10-12-23(35-3)24(17-19)36-4/h5-13,16-17,26,31H,14-15H2,1-4H3/b27-25-. The zero-order chi connectivity index (χ0) is 25.8. The van der Waals surface area contributed by atoms with E-state index in [4.69, 9.17) is 14.2 Å². The summed E-state index contributed by atoms with van der Waals surface area (Å²) in [5.74, 6) is 0.314. The molecule has 3 aromatic carbocycles. The van der Waals surface area contributed by atoms with E-state index in [1.54, 1.807) is 39.5 Å². The fourth-order valence-electron chi connectivity index (χ4n) is 4.56. The fourth-order valence-corrected chi connectivity index (χ4v) is 4.56. The maximum Gasteiger partial charge on any atom is 0.295 e. The molecule has 1 amide bonds. The minimum absolute atomic E-state index is 0.0723. The minimum Gasteiger partial charge on any atom is -0.507 e. The normalized spacial score (nSPS) is 16.8. The van der Waals surface area contributed by atoms with Crippen LogP contribution in [0, 0.1) is 6.92 Å². The zero-order valence-corrected chi connectivity index (χ0v) is 20.8. The maximum atomic E-state index is 13.2. The van der Waals surface area contributed by atoms with E-state index in [0.29, 0.717) is 29.2 Å². The number of rotatable bonds is 8. The monoisotopic (exact) mass is 487 g/mol. The van der Waals surface area contributed by atoms with Gasteiger partial charge >= 0.3 is 0 Å². The number of likely N-dealkylation sites (tertiary alicyclic amines) is 1. The molecule has 0 spiro atoms. The molecule has 3 aromatic rings. The molecule has 186 valence electrons. The molecule has 0 saturated carbocycles. The molecule has 1 saturated heterocycles. The van der Waals surface area contributed by atoms with Crippen LogP contribution in [0.2, 0.25) is 0 Å². The van der Waals surface area contributed by atoms with Crippen molar-refractivity contribution in [2.24, 2.45) is 0 Å². The first kappa shape index (κ1) is 24.9. The first-order valence-corrected chi connectivity index (χ1v) is 11.6. The predicted molar refractivity (Wildman–Crippen MR) is 136 cm³/mol. The Morgan fingerprint density at radius 1 is 0.861 bits per heavy atom. The third-order valence-corrected chi connectivity index (χ3v) is 6.41. The van der Waals surface area contributed by atoms with Crippen LogP contribution in [0.15, 0.2) is 72.3 Å². The second-order valence-corrected chi connectivity index (χ2v) is 8.53. The van der Waals surface area contributed by atoms with Crippen LogP contribution in [0.3, 0.4) is 0 Å². The molecule has 1 heterocycles. The topological polar surface area (TPSA) is 85.3 Å². The highest BCUT2D eigenvalue weighted by molar-refractivity contribution is 6.46. The zero-order valence-electron chi connectivity index (χ0n) is 20.8. The summed E-state index contributed by atoms with van der Waals surface area (Å²) in [6.45, 7) is 2.13. The lowest BCUT2D eigenvalue weighted by molar-refractivity contribution is -0.139. The molecular weight excluding hydrogens is 458 g/mol. The Labute approximate surface area is 210 Å². The number of benzene rings is 3. The van der Waals surface area contributed by atoms with Crippen molar-refractivity contribution in [3.05, 3.63) is 94.6 Å². The molecule has 1 atom stereocenters. The van der Waals surface area contributed by atoms with Crippen molar-refractivity contribution < 1.29 is 28.9 Å². The SMILES string of the molecule is COc1ccc(/C(O)=C2/C(=O)C(=O)N(CCc3ccc(OC)c(OC)c3)C2c2ccccc2)cc1C. The highest BCUT2D eigenvalue weighted by Crippen LogP contribution is 2.40. The Morgan fingerprint density at radius 3 is 2.17 bits per heavy atom. The summed E-state index contributed by atoms with van der Waals surface area (Å²) in [4.78, 5) is 28.0. The number of hydrogen-bond acceptors (Lipinski definition) is 6. The van der Waals surface area contributed by atoms with E-state index in [1.807, 2.05) is 55.5 Å². The summed E-state index contributed by atoms with van der Waals surface area (Å²) in [7, 11) is 4.71. The van der Waals surface area contributed by atoms with Gasteiger partial charge in [0.2, 0.25) is 0 Å². The van der Waals surface area contributed by atoms with Crippen molar-refractivity contribution in [3.63, 3.8) is 0 Å². The van der Waals surface area contributed by atoms with Crippen LogP contribution in [0.1, 0.15) is 28.3 Å². The summed E-state index contributed by atoms with van der Waals surface area (Å²) in [5, 5.41) is 11.3. The lowest BCUT2D eigenvalue weighted by Gasteiger charge is -2.25. The van der Waals surface area contributed by atoms with Gasteiger partial charge in [0.05, 0.1) is 32.9 Å². The van der Waals surface area contributed by atoms with Crippen LogP contribution in [-0.2, 0) is 16.0 Å². The number of aryl methyl sites for hydroxylation is 1. The summed E-state index contributed by atoms with van der Waals surface area (Å²) in [6, 6.07) is 19.3. The van der Waals surface area contributed by atoms with Gasteiger partial charge in [0.15, 0.2) is 11.5 Å². The summed E-state index contributed by atoms with van der Waals surface area (Å²) in [6.07, 6.45) is 0.485. The van der Waals surface area contributed by atoms with Crippen LogP contribution in [0.5, 0.6) is 17.2 Å². The number of amides is 1. The van der Waals surface area contributed by atoms with Crippen molar-refractivity contribution in [3.8, 4) is 17.2 Å². The summed E-state index contributed by atoms with van der Waals surface area (Å²) in [5.41, 5.74) is 3.00. The number of carbonyl (C=O) groups excluding carboxylic acids is 2. The van der Waals surface area contributed by atoms with E-state index in [9.17, 15) is 14.7 Å². The lowest BCUT2D eigenvalue weighted by Crippen LogP contribution is -2.31. The molecule has 1 N–H and O–H groups in total. The quantitative estimate of drug-likeness (QED) is 0.282. The Morgan fingerprint density at radius 2 is 1.53 bits per heavy atom. The number of ketones is 1. The largest absolute Gasteiger partial charge is 0.507 e. The molecular formula is C29H29NO6. The van der Waals surface area contributed by atoms with E-state index < -0.39 is 17.7 Å². The van der Waals surface area contributed by atoms with Gasteiger partial charge in [-0.15, -0.1) is 0 Å². The second kappa shape index (κ2) is 10.6. The second-order valence-electron chi connectivity index (χ2n) is 8.53. The predicted octanol–water partition coefficient (Wildman–Crippen LogP) is 4.69. The van der Waals surface area contributed by atoms with Crippen LogP contribution in [0.25, 0.3) is 5.76 Å². The number of aliphatic hydroxyl groups is 1. The molecule has 1 fully saturated rings. The first-order chi connectivity index (χ1) is 17.4. The fraction of sp³-hybridized carbons (Fsp3) is 0.241. The number of ether oxygens (including phenoxy) is 3. The van der Waals surface area contributed by atoms with E-state index in [-0.39, 0.29) is 17.9 Å². The van der Waals surface area contributed by atoms with E-state index >= 15 is 0 Å². The third kappa shape index (κ3) is 4.64. The third-order valence-electron chi connectivity index (χ3n) is 6.41.